The van der Waals surface area contributed by atoms with E-state index >= 15 is 0 Å². The molecule has 0 amide bonds. The third-order valence-corrected chi connectivity index (χ3v) is 3.38. The van der Waals surface area contributed by atoms with Crippen molar-refractivity contribution in [3.63, 3.8) is 0 Å². The maximum absolute atomic E-state index is 11.4. The van der Waals surface area contributed by atoms with Crippen LogP contribution in [0.2, 0.25) is 0 Å². The number of rotatable bonds is 4. The van der Waals surface area contributed by atoms with E-state index in [1.807, 2.05) is 0 Å². The average Bonchev–Trinajstić information content (AvgIpc) is 2.90. The summed E-state index contributed by atoms with van der Waals surface area (Å²) < 4.78 is 4.69. The van der Waals surface area contributed by atoms with Crippen molar-refractivity contribution in [3.05, 3.63) is 40.3 Å². The molecule has 0 radical (unpaired) electrons. The number of hydrogen-bond donors (Lipinski definition) is 1. The SMILES string of the molecule is COC(=O)CC(c1ccc(O)cc1)c1nncs1. The lowest BCUT2D eigenvalue weighted by molar-refractivity contribution is -0.140. The molecule has 5 nitrogen and oxygen atoms in total. The van der Waals surface area contributed by atoms with Gasteiger partial charge in [0.1, 0.15) is 16.3 Å². The third-order valence-electron chi connectivity index (χ3n) is 2.57. The van der Waals surface area contributed by atoms with Crippen molar-refractivity contribution in [3.8, 4) is 5.75 Å². The molecular weight excluding hydrogens is 252 g/mol. The minimum atomic E-state index is -0.303. The van der Waals surface area contributed by atoms with Crippen LogP contribution in [0.5, 0.6) is 5.75 Å². The van der Waals surface area contributed by atoms with Crippen molar-refractivity contribution in [2.24, 2.45) is 0 Å². The molecule has 6 heteroatoms. The van der Waals surface area contributed by atoms with E-state index in [1.165, 1.54) is 18.4 Å². The van der Waals surface area contributed by atoms with Gasteiger partial charge in [0.2, 0.25) is 0 Å². The Kier molecular flexibility index (Phi) is 3.88. The Morgan fingerprint density at radius 1 is 1.44 bits per heavy atom. The summed E-state index contributed by atoms with van der Waals surface area (Å²) in [5.41, 5.74) is 2.52. The zero-order valence-corrected chi connectivity index (χ0v) is 10.6. The average molecular weight is 264 g/mol. The molecule has 18 heavy (non-hydrogen) atoms. The number of methoxy groups -OCH3 is 1. The summed E-state index contributed by atoms with van der Waals surface area (Å²) in [4.78, 5) is 11.4. The van der Waals surface area contributed by atoms with Crippen LogP contribution in [-0.2, 0) is 9.53 Å². The van der Waals surface area contributed by atoms with Crippen LogP contribution in [-0.4, -0.2) is 28.4 Å². The van der Waals surface area contributed by atoms with Crippen LogP contribution in [0, 0.1) is 0 Å². The van der Waals surface area contributed by atoms with Gasteiger partial charge in [0.25, 0.3) is 0 Å². The molecule has 0 saturated heterocycles. The van der Waals surface area contributed by atoms with E-state index in [0.717, 1.165) is 10.6 Å². The van der Waals surface area contributed by atoms with Crippen LogP contribution in [0.25, 0.3) is 0 Å². The van der Waals surface area contributed by atoms with Gasteiger partial charge in [-0.2, -0.15) is 0 Å². The number of ether oxygens (including phenoxy) is 1. The number of carbonyl (C=O) groups excluding carboxylic acids is 1. The first-order chi connectivity index (χ1) is 8.70. The quantitative estimate of drug-likeness (QED) is 0.854. The van der Waals surface area contributed by atoms with Gasteiger partial charge in [0, 0.05) is 5.92 Å². The number of nitrogens with zero attached hydrogens (tertiary/aromatic N) is 2. The van der Waals surface area contributed by atoms with E-state index in [2.05, 4.69) is 10.2 Å². The fourth-order valence-corrected chi connectivity index (χ4v) is 2.32. The highest BCUT2D eigenvalue weighted by atomic mass is 32.1. The highest BCUT2D eigenvalue weighted by Crippen LogP contribution is 2.30. The Hall–Kier alpha value is -1.95. The van der Waals surface area contributed by atoms with E-state index in [-0.39, 0.29) is 24.1 Å². The van der Waals surface area contributed by atoms with Crippen molar-refractivity contribution in [2.75, 3.05) is 7.11 Å². The lowest BCUT2D eigenvalue weighted by Crippen LogP contribution is -2.10. The van der Waals surface area contributed by atoms with Crippen LogP contribution in [0.15, 0.2) is 29.8 Å². The minimum Gasteiger partial charge on any atom is -0.508 e. The molecule has 2 aromatic rings. The number of esters is 1. The number of carbonyl (C=O) groups is 1. The second-order valence-corrected chi connectivity index (χ2v) is 4.57. The molecule has 1 N–H and O–H groups in total. The first kappa shape index (κ1) is 12.5. The standard InChI is InChI=1S/C12H12N2O3S/c1-17-11(16)6-10(12-14-13-7-18-12)8-2-4-9(15)5-3-8/h2-5,7,10,15H,6H2,1H3. The largest absolute Gasteiger partial charge is 0.508 e. The van der Waals surface area contributed by atoms with Gasteiger partial charge in [-0.05, 0) is 17.7 Å². The number of phenols is 1. The van der Waals surface area contributed by atoms with Crippen LogP contribution in [0.4, 0.5) is 0 Å². The van der Waals surface area contributed by atoms with Crippen LogP contribution < -0.4 is 0 Å². The molecule has 0 fully saturated rings. The zero-order chi connectivity index (χ0) is 13.0. The van der Waals surface area contributed by atoms with Crippen LogP contribution >= 0.6 is 11.3 Å². The first-order valence-electron chi connectivity index (χ1n) is 5.32. The predicted octanol–water partition coefficient (Wildman–Crippen LogP) is 1.94. The molecule has 0 bridgehead atoms. The maximum atomic E-state index is 11.4. The van der Waals surface area contributed by atoms with Gasteiger partial charge in [0.05, 0.1) is 13.5 Å². The molecule has 0 aliphatic rings. The first-order valence-corrected chi connectivity index (χ1v) is 6.20. The normalized spacial score (nSPS) is 12.1. The molecule has 1 unspecified atom stereocenters. The highest BCUT2D eigenvalue weighted by Gasteiger charge is 2.21. The van der Waals surface area contributed by atoms with Gasteiger partial charge in [-0.3, -0.25) is 4.79 Å². The predicted molar refractivity (Wildman–Crippen MR) is 66.5 cm³/mol. The second kappa shape index (κ2) is 5.59. The van der Waals surface area contributed by atoms with Gasteiger partial charge in [-0.25, -0.2) is 0 Å². The van der Waals surface area contributed by atoms with E-state index in [1.54, 1.807) is 29.8 Å². The summed E-state index contributed by atoms with van der Waals surface area (Å²) in [5, 5.41) is 17.8. The molecule has 0 aliphatic heterocycles. The second-order valence-electron chi connectivity index (χ2n) is 3.70. The Bertz CT molecular complexity index is 511. The molecule has 0 aliphatic carbocycles. The van der Waals surface area contributed by atoms with Gasteiger partial charge in [-0.1, -0.05) is 12.1 Å². The molecule has 94 valence electrons. The summed E-state index contributed by atoms with van der Waals surface area (Å²) in [5.74, 6) is -0.304. The molecule has 0 saturated carbocycles. The maximum Gasteiger partial charge on any atom is 0.306 e. The summed E-state index contributed by atoms with van der Waals surface area (Å²) in [6.07, 6.45) is 0.205. The molecular formula is C12H12N2O3S. The monoisotopic (exact) mass is 264 g/mol. The van der Waals surface area contributed by atoms with Crippen molar-refractivity contribution in [2.45, 2.75) is 12.3 Å². The van der Waals surface area contributed by atoms with Gasteiger partial charge in [-0.15, -0.1) is 21.5 Å². The molecule has 1 atom stereocenters. The molecule has 1 aromatic heterocycles. The van der Waals surface area contributed by atoms with Crippen LogP contribution in [0.1, 0.15) is 22.9 Å². The Labute approximate surface area is 108 Å². The summed E-state index contributed by atoms with van der Waals surface area (Å²) in [6, 6.07) is 6.70. The number of hydrogen-bond acceptors (Lipinski definition) is 6. The van der Waals surface area contributed by atoms with Crippen molar-refractivity contribution < 1.29 is 14.6 Å². The molecule has 0 spiro atoms. The summed E-state index contributed by atoms with van der Waals surface area (Å²) in [7, 11) is 1.36. The van der Waals surface area contributed by atoms with E-state index in [4.69, 9.17) is 4.74 Å². The van der Waals surface area contributed by atoms with Crippen molar-refractivity contribution in [1.82, 2.24) is 10.2 Å². The number of benzene rings is 1. The highest BCUT2D eigenvalue weighted by molar-refractivity contribution is 7.09. The fraction of sp³-hybridized carbons (Fsp3) is 0.250. The van der Waals surface area contributed by atoms with Gasteiger partial charge < -0.3 is 9.84 Å². The zero-order valence-electron chi connectivity index (χ0n) is 9.74. The van der Waals surface area contributed by atoms with E-state index < -0.39 is 0 Å². The molecule has 1 aromatic carbocycles. The summed E-state index contributed by atoms with van der Waals surface area (Å²) >= 11 is 1.39. The lowest BCUT2D eigenvalue weighted by Gasteiger charge is -2.13. The molecule has 2 rings (SSSR count). The van der Waals surface area contributed by atoms with E-state index in [0.29, 0.717) is 0 Å². The van der Waals surface area contributed by atoms with Crippen molar-refractivity contribution >= 4 is 17.3 Å². The smallest absolute Gasteiger partial charge is 0.306 e. The third kappa shape index (κ3) is 2.84. The lowest BCUT2D eigenvalue weighted by atomic mass is 9.96. The Morgan fingerprint density at radius 2 is 2.17 bits per heavy atom. The van der Waals surface area contributed by atoms with Gasteiger partial charge >= 0.3 is 5.97 Å². The topological polar surface area (TPSA) is 72.3 Å². The fourth-order valence-electron chi connectivity index (χ4n) is 1.64. The van der Waals surface area contributed by atoms with Crippen molar-refractivity contribution in [1.29, 1.82) is 0 Å². The number of aromatic nitrogens is 2. The number of phenolic OH excluding ortho intramolecular Hbond substituents is 1. The van der Waals surface area contributed by atoms with Gasteiger partial charge in [0.15, 0.2) is 0 Å². The summed E-state index contributed by atoms with van der Waals surface area (Å²) in [6.45, 7) is 0. The Balaban J connectivity index is 2.30. The Morgan fingerprint density at radius 3 is 2.72 bits per heavy atom. The minimum absolute atomic E-state index is 0.188. The molecule has 1 heterocycles. The number of aromatic hydroxyl groups is 1. The van der Waals surface area contributed by atoms with Crippen LogP contribution in [0.3, 0.4) is 0 Å². The van der Waals surface area contributed by atoms with E-state index in [9.17, 15) is 9.90 Å².